The molecule has 0 saturated carbocycles. The van der Waals surface area contributed by atoms with E-state index in [1.54, 1.807) is 4.52 Å². The summed E-state index contributed by atoms with van der Waals surface area (Å²) >= 11 is 2.58. The number of nitrogens with zero attached hydrogens (tertiary/aromatic N) is 6. The van der Waals surface area contributed by atoms with Gasteiger partial charge in [-0.3, -0.25) is 10.1 Å². The molecule has 29 heavy (non-hydrogen) atoms. The van der Waals surface area contributed by atoms with Crippen LogP contribution in [-0.4, -0.2) is 48.3 Å². The highest BCUT2D eigenvalue weighted by atomic mass is 32.2. The van der Waals surface area contributed by atoms with E-state index in [0.717, 1.165) is 22.0 Å². The number of ether oxygens (including phenoxy) is 1. The molecule has 0 unspecified atom stereocenters. The van der Waals surface area contributed by atoms with Crippen LogP contribution in [-0.2, 0) is 4.79 Å². The van der Waals surface area contributed by atoms with Gasteiger partial charge >= 0.3 is 0 Å². The van der Waals surface area contributed by atoms with Crippen molar-refractivity contribution < 1.29 is 9.53 Å². The van der Waals surface area contributed by atoms with Crippen LogP contribution in [0.3, 0.4) is 0 Å². The van der Waals surface area contributed by atoms with Crippen molar-refractivity contribution in [3.05, 3.63) is 41.4 Å². The topological polar surface area (TPSA) is 107 Å². The van der Waals surface area contributed by atoms with Crippen LogP contribution in [0.2, 0.25) is 0 Å². The standard InChI is InChI=1S/C18H17N7O2S2/c1-3-27-13-6-4-12(5-7-13)14-8-9-15-21-23-18(25(15)24-14)28-10-16(26)19-17-22-20-11(2)29-17/h4-9H,3,10H2,1-2H3,(H,19,22,26). The first-order valence-electron chi connectivity index (χ1n) is 8.81. The molecular formula is C18H17N7O2S2. The highest BCUT2D eigenvalue weighted by Gasteiger charge is 2.13. The molecule has 1 aromatic carbocycles. The van der Waals surface area contributed by atoms with Gasteiger partial charge in [0.2, 0.25) is 16.2 Å². The summed E-state index contributed by atoms with van der Waals surface area (Å²) in [6.07, 6.45) is 0. The average molecular weight is 428 g/mol. The highest BCUT2D eigenvalue weighted by Crippen LogP contribution is 2.23. The van der Waals surface area contributed by atoms with Crippen molar-refractivity contribution in [3.8, 4) is 17.0 Å². The molecule has 0 aliphatic rings. The number of amides is 1. The first-order valence-corrected chi connectivity index (χ1v) is 10.6. The molecule has 0 fully saturated rings. The van der Waals surface area contributed by atoms with E-state index in [2.05, 4.69) is 30.8 Å². The first kappa shape index (κ1) is 19.3. The molecule has 3 heterocycles. The zero-order chi connectivity index (χ0) is 20.2. The second-order valence-electron chi connectivity index (χ2n) is 5.89. The maximum atomic E-state index is 12.1. The van der Waals surface area contributed by atoms with Crippen LogP contribution in [0, 0.1) is 6.92 Å². The van der Waals surface area contributed by atoms with Gasteiger partial charge in [-0.15, -0.1) is 20.4 Å². The van der Waals surface area contributed by atoms with Crippen molar-refractivity contribution in [2.75, 3.05) is 17.7 Å². The van der Waals surface area contributed by atoms with Crippen LogP contribution in [0.4, 0.5) is 5.13 Å². The summed E-state index contributed by atoms with van der Waals surface area (Å²) in [5, 5.41) is 25.2. The molecule has 0 aliphatic heterocycles. The average Bonchev–Trinajstić information content (AvgIpc) is 3.32. The van der Waals surface area contributed by atoms with Crippen LogP contribution < -0.4 is 10.1 Å². The monoisotopic (exact) mass is 427 g/mol. The minimum atomic E-state index is -0.189. The molecule has 9 nitrogen and oxygen atoms in total. The Morgan fingerprint density at radius 2 is 1.97 bits per heavy atom. The molecule has 0 aliphatic carbocycles. The summed E-state index contributed by atoms with van der Waals surface area (Å²) in [6, 6.07) is 11.5. The van der Waals surface area contributed by atoms with Crippen LogP contribution in [0.1, 0.15) is 11.9 Å². The number of aryl methyl sites for hydroxylation is 1. The number of anilines is 1. The molecule has 11 heteroatoms. The van der Waals surface area contributed by atoms with E-state index in [1.807, 2.05) is 50.2 Å². The zero-order valence-corrected chi connectivity index (χ0v) is 17.3. The molecular weight excluding hydrogens is 410 g/mol. The Bertz CT molecular complexity index is 1140. The van der Waals surface area contributed by atoms with Crippen LogP contribution in [0.25, 0.3) is 16.9 Å². The van der Waals surface area contributed by atoms with Crippen LogP contribution in [0.5, 0.6) is 5.75 Å². The lowest BCUT2D eigenvalue weighted by Gasteiger charge is -2.05. The first-order chi connectivity index (χ1) is 14.1. The van der Waals surface area contributed by atoms with Gasteiger partial charge in [-0.05, 0) is 50.2 Å². The maximum Gasteiger partial charge on any atom is 0.236 e. The summed E-state index contributed by atoms with van der Waals surface area (Å²) in [7, 11) is 0. The molecule has 1 amide bonds. The van der Waals surface area contributed by atoms with Gasteiger partial charge in [-0.25, -0.2) is 0 Å². The number of hydrogen-bond acceptors (Lipinski definition) is 9. The normalized spacial score (nSPS) is 11.0. The molecule has 1 N–H and O–H groups in total. The second kappa shape index (κ2) is 8.53. The molecule has 0 saturated heterocycles. The lowest BCUT2D eigenvalue weighted by Crippen LogP contribution is -2.14. The van der Waals surface area contributed by atoms with E-state index in [-0.39, 0.29) is 11.7 Å². The SMILES string of the molecule is CCOc1ccc(-c2ccc3nnc(SCC(=O)Nc4nnc(C)s4)n3n2)cc1. The molecule has 0 radical (unpaired) electrons. The number of fused-ring (bicyclic) bond motifs is 1. The van der Waals surface area contributed by atoms with E-state index >= 15 is 0 Å². The number of aromatic nitrogens is 6. The zero-order valence-electron chi connectivity index (χ0n) is 15.7. The Hall–Kier alpha value is -3.05. The van der Waals surface area contributed by atoms with Crippen molar-refractivity contribution in [1.29, 1.82) is 0 Å². The van der Waals surface area contributed by atoms with Gasteiger partial charge in [-0.2, -0.15) is 9.61 Å². The smallest absolute Gasteiger partial charge is 0.236 e. The van der Waals surface area contributed by atoms with Gasteiger partial charge in [0.05, 0.1) is 18.1 Å². The molecule has 0 bridgehead atoms. The third-order valence-electron chi connectivity index (χ3n) is 3.80. The van der Waals surface area contributed by atoms with Crippen molar-refractivity contribution in [2.24, 2.45) is 0 Å². The van der Waals surface area contributed by atoms with Crippen LogP contribution >= 0.6 is 23.1 Å². The van der Waals surface area contributed by atoms with Gasteiger partial charge in [0, 0.05) is 5.56 Å². The lowest BCUT2D eigenvalue weighted by molar-refractivity contribution is -0.113. The highest BCUT2D eigenvalue weighted by molar-refractivity contribution is 7.99. The van der Waals surface area contributed by atoms with Gasteiger partial charge in [0.1, 0.15) is 10.8 Å². The molecule has 0 atom stereocenters. The predicted octanol–water partition coefficient (Wildman–Crippen LogP) is 3.08. The minimum Gasteiger partial charge on any atom is -0.494 e. The van der Waals surface area contributed by atoms with Gasteiger partial charge in [0.25, 0.3) is 0 Å². The second-order valence-corrected chi connectivity index (χ2v) is 8.02. The number of benzene rings is 1. The number of carbonyl (C=O) groups is 1. The number of rotatable bonds is 7. The molecule has 3 aromatic heterocycles. The van der Waals surface area contributed by atoms with E-state index in [4.69, 9.17) is 4.74 Å². The third-order valence-corrected chi connectivity index (χ3v) is 5.47. The molecule has 0 spiro atoms. The summed E-state index contributed by atoms with van der Waals surface area (Å²) in [5.41, 5.74) is 2.34. The fraction of sp³-hybridized carbons (Fsp3) is 0.222. The summed E-state index contributed by atoms with van der Waals surface area (Å²) in [5.74, 6) is 0.786. The van der Waals surface area contributed by atoms with Gasteiger partial charge < -0.3 is 4.74 Å². The molecule has 4 aromatic rings. The Morgan fingerprint density at radius 1 is 1.14 bits per heavy atom. The van der Waals surface area contributed by atoms with Gasteiger partial charge in [0.15, 0.2) is 5.65 Å². The van der Waals surface area contributed by atoms with E-state index < -0.39 is 0 Å². The Labute approximate surface area is 174 Å². The Balaban J connectivity index is 1.48. The Morgan fingerprint density at radius 3 is 2.69 bits per heavy atom. The predicted molar refractivity (Wildman–Crippen MR) is 111 cm³/mol. The van der Waals surface area contributed by atoms with E-state index in [9.17, 15) is 4.79 Å². The van der Waals surface area contributed by atoms with Crippen LogP contribution in [0.15, 0.2) is 41.6 Å². The minimum absolute atomic E-state index is 0.161. The van der Waals surface area contributed by atoms with Gasteiger partial charge in [-0.1, -0.05) is 23.1 Å². The van der Waals surface area contributed by atoms with Crippen molar-refractivity contribution >= 4 is 39.8 Å². The Kier molecular flexibility index (Phi) is 5.67. The summed E-state index contributed by atoms with van der Waals surface area (Å²) < 4.78 is 7.12. The van der Waals surface area contributed by atoms with E-state index in [1.165, 1.54) is 23.1 Å². The molecule has 4 rings (SSSR count). The maximum absolute atomic E-state index is 12.1. The van der Waals surface area contributed by atoms with Crippen molar-refractivity contribution in [2.45, 2.75) is 19.0 Å². The largest absolute Gasteiger partial charge is 0.494 e. The number of nitrogens with one attached hydrogen (secondary N) is 1. The third kappa shape index (κ3) is 4.51. The van der Waals surface area contributed by atoms with Crippen molar-refractivity contribution in [1.82, 2.24) is 30.0 Å². The molecule has 148 valence electrons. The number of hydrogen-bond donors (Lipinski definition) is 1. The number of thioether (sulfide) groups is 1. The fourth-order valence-corrected chi connectivity index (χ4v) is 3.83. The number of carbonyl (C=O) groups excluding carboxylic acids is 1. The summed E-state index contributed by atoms with van der Waals surface area (Å²) in [6.45, 7) is 4.40. The summed E-state index contributed by atoms with van der Waals surface area (Å²) in [4.78, 5) is 12.1. The fourth-order valence-electron chi connectivity index (χ4n) is 2.53. The van der Waals surface area contributed by atoms with Crippen molar-refractivity contribution in [3.63, 3.8) is 0 Å². The quantitative estimate of drug-likeness (QED) is 0.448. The van der Waals surface area contributed by atoms with E-state index in [0.29, 0.717) is 22.5 Å². The lowest BCUT2D eigenvalue weighted by atomic mass is 10.1.